The van der Waals surface area contributed by atoms with Gasteiger partial charge in [0, 0.05) is 33.5 Å². The largest absolute Gasteiger partial charge is 0.310 e. The number of benzene rings is 10. The van der Waals surface area contributed by atoms with E-state index in [4.69, 9.17) is 0 Å². The Bertz CT molecular complexity index is 3150. The number of anilines is 6. The molecule has 0 aliphatic rings. The highest BCUT2D eigenvalue weighted by atomic mass is 15.2. The fraction of sp³-hybridized carbons (Fsp3) is 0.161. The van der Waals surface area contributed by atoms with E-state index in [2.05, 4.69) is 237 Å². The van der Waals surface area contributed by atoms with Crippen LogP contribution in [0.3, 0.4) is 0 Å². The number of nitrogens with zero attached hydrogens (tertiary/aromatic N) is 2. The average Bonchev–Trinajstić information content (AvgIpc) is 3.25. The summed E-state index contributed by atoms with van der Waals surface area (Å²) in [5, 5.41) is 7.51. The molecule has 64 heavy (non-hydrogen) atoms. The molecule has 0 saturated heterocycles. The Morgan fingerprint density at radius 2 is 0.625 bits per heavy atom. The van der Waals surface area contributed by atoms with E-state index >= 15 is 0 Å². The molecule has 0 bridgehead atoms. The standard InChI is InChI=1S/C62H56N2/c1-37-29-38(2)32-51(31-37)63(57-35-49(19-17-41(57)5)59-43(7)13-11-14-44(59)8)55-27-23-47-22-26-54-56(28-24-48-21-25-53(55)61(47)62(48)54)64(52-33-39(3)30-40(4)34-52)58-36-50(20-18-42(58)6)60-45(9)15-12-16-46(60)10/h11-36H,1-10H3. The Kier molecular flexibility index (Phi) is 10.1. The Labute approximate surface area is 379 Å². The van der Waals surface area contributed by atoms with E-state index in [1.54, 1.807) is 0 Å². The van der Waals surface area contributed by atoms with Crippen LogP contribution in [0.25, 0.3) is 54.6 Å². The van der Waals surface area contributed by atoms with Crippen molar-refractivity contribution < 1.29 is 0 Å². The van der Waals surface area contributed by atoms with Crippen molar-refractivity contribution in [3.05, 3.63) is 213 Å². The third-order valence-electron chi connectivity index (χ3n) is 13.5. The van der Waals surface area contributed by atoms with Gasteiger partial charge in [0.25, 0.3) is 0 Å². The van der Waals surface area contributed by atoms with Crippen LogP contribution in [0.4, 0.5) is 34.1 Å². The fourth-order valence-electron chi connectivity index (χ4n) is 10.7. The Morgan fingerprint density at radius 3 is 0.984 bits per heavy atom. The van der Waals surface area contributed by atoms with Gasteiger partial charge in [0.1, 0.15) is 0 Å². The van der Waals surface area contributed by atoms with Crippen molar-refractivity contribution in [3.63, 3.8) is 0 Å². The second-order valence-corrected chi connectivity index (χ2v) is 18.5. The first-order valence-corrected chi connectivity index (χ1v) is 22.7. The summed E-state index contributed by atoms with van der Waals surface area (Å²) in [4.78, 5) is 5.03. The number of aryl methyl sites for hydroxylation is 10. The first-order valence-electron chi connectivity index (χ1n) is 22.7. The average molecular weight is 829 g/mol. The summed E-state index contributed by atoms with van der Waals surface area (Å²) in [5.74, 6) is 0. The highest BCUT2D eigenvalue weighted by molar-refractivity contribution is 6.28. The SMILES string of the molecule is Cc1cc(C)cc(N(c2cc(-c3c(C)cccc3C)ccc2C)c2ccc3ccc4c(N(c5cc(C)cc(C)c5)c5cc(-c6c(C)cccc6C)ccc5C)ccc5ccc2c3c54)c1. The number of hydrogen-bond donors (Lipinski definition) is 0. The van der Waals surface area contributed by atoms with Gasteiger partial charge in [-0.1, -0.05) is 109 Å². The molecule has 314 valence electrons. The van der Waals surface area contributed by atoms with Crippen LogP contribution in [-0.4, -0.2) is 0 Å². The van der Waals surface area contributed by atoms with Crippen molar-refractivity contribution in [2.24, 2.45) is 0 Å². The highest BCUT2D eigenvalue weighted by Crippen LogP contribution is 2.49. The molecule has 10 rings (SSSR count). The van der Waals surface area contributed by atoms with Crippen molar-refractivity contribution in [1.29, 1.82) is 0 Å². The third kappa shape index (κ3) is 6.99. The first-order chi connectivity index (χ1) is 30.8. The van der Waals surface area contributed by atoms with E-state index in [9.17, 15) is 0 Å². The molecule has 0 fully saturated rings. The molecular weight excluding hydrogens is 773 g/mol. The van der Waals surface area contributed by atoms with E-state index in [1.165, 1.54) is 133 Å². The van der Waals surface area contributed by atoms with Gasteiger partial charge in [-0.25, -0.2) is 0 Å². The second-order valence-electron chi connectivity index (χ2n) is 18.5. The number of rotatable bonds is 8. The van der Waals surface area contributed by atoms with E-state index in [0.717, 1.165) is 11.4 Å². The van der Waals surface area contributed by atoms with Crippen LogP contribution < -0.4 is 9.80 Å². The van der Waals surface area contributed by atoms with Gasteiger partial charge >= 0.3 is 0 Å². The maximum Gasteiger partial charge on any atom is 0.0540 e. The van der Waals surface area contributed by atoms with Gasteiger partial charge in [0.05, 0.1) is 11.4 Å². The molecule has 0 atom stereocenters. The van der Waals surface area contributed by atoms with Crippen molar-refractivity contribution >= 4 is 66.4 Å². The van der Waals surface area contributed by atoms with E-state index < -0.39 is 0 Å². The van der Waals surface area contributed by atoms with Gasteiger partial charge in [-0.15, -0.1) is 0 Å². The van der Waals surface area contributed by atoms with Crippen LogP contribution in [0.2, 0.25) is 0 Å². The lowest BCUT2D eigenvalue weighted by Gasteiger charge is -2.31. The quantitative estimate of drug-likeness (QED) is 0.141. The minimum Gasteiger partial charge on any atom is -0.310 e. The second kappa shape index (κ2) is 15.9. The molecule has 0 aliphatic heterocycles. The molecule has 0 amide bonds. The van der Waals surface area contributed by atoms with Gasteiger partial charge in [-0.3, -0.25) is 0 Å². The van der Waals surface area contributed by atoms with Crippen molar-refractivity contribution in [3.8, 4) is 22.3 Å². The molecule has 0 N–H and O–H groups in total. The lowest BCUT2D eigenvalue weighted by Crippen LogP contribution is -2.13. The molecule has 0 aliphatic carbocycles. The maximum atomic E-state index is 2.52. The van der Waals surface area contributed by atoms with Crippen LogP contribution in [0.15, 0.2) is 158 Å². The van der Waals surface area contributed by atoms with E-state index in [-0.39, 0.29) is 0 Å². The van der Waals surface area contributed by atoms with Crippen LogP contribution in [0, 0.1) is 69.2 Å². The van der Waals surface area contributed by atoms with Gasteiger partial charge < -0.3 is 9.80 Å². The van der Waals surface area contributed by atoms with Crippen molar-refractivity contribution in [2.75, 3.05) is 9.80 Å². The van der Waals surface area contributed by atoms with Gasteiger partial charge in [-0.2, -0.15) is 0 Å². The lowest BCUT2D eigenvalue weighted by molar-refractivity contribution is 1.24. The fourth-order valence-corrected chi connectivity index (χ4v) is 10.7. The normalized spacial score (nSPS) is 11.6. The van der Waals surface area contributed by atoms with Crippen molar-refractivity contribution in [1.82, 2.24) is 0 Å². The molecule has 10 aromatic rings. The lowest BCUT2D eigenvalue weighted by atomic mass is 9.90. The number of hydrogen-bond acceptors (Lipinski definition) is 2. The zero-order valence-corrected chi connectivity index (χ0v) is 38.9. The van der Waals surface area contributed by atoms with Crippen LogP contribution in [0.1, 0.15) is 55.6 Å². The summed E-state index contributed by atoms with van der Waals surface area (Å²) in [7, 11) is 0. The zero-order valence-electron chi connectivity index (χ0n) is 38.9. The minimum atomic E-state index is 1.16. The zero-order chi connectivity index (χ0) is 44.6. The Balaban J connectivity index is 1.24. The monoisotopic (exact) mass is 828 g/mol. The van der Waals surface area contributed by atoms with Crippen LogP contribution in [0.5, 0.6) is 0 Å². The summed E-state index contributed by atoms with van der Waals surface area (Å²) in [6.45, 7) is 22.2. The Hall–Kier alpha value is -7.16. The molecule has 0 spiro atoms. The topological polar surface area (TPSA) is 6.48 Å². The van der Waals surface area contributed by atoms with Crippen LogP contribution in [-0.2, 0) is 0 Å². The molecule has 0 heterocycles. The summed E-state index contributed by atoms with van der Waals surface area (Å²) in [5.41, 5.74) is 24.7. The molecule has 0 aromatic heterocycles. The predicted octanol–water partition coefficient (Wildman–Crippen LogP) is 17.9. The Morgan fingerprint density at radius 1 is 0.281 bits per heavy atom. The summed E-state index contributed by atoms with van der Waals surface area (Å²) < 4.78 is 0. The molecule has 0 radical (unpaired) electrons. The smallest absolute Gasteiger partial charge is 0.0540 e. The van der Waals surface area contributed by atoms with E-state index in [1.807, 2.05) is 0 Å². The molecular formula is C62H56N2. The predicted molar refractivity (Wildman–Crippen MR) is 278 cm³/mol. The first kappa shape index (κ1) is 40.9. The van der Waals surface area contributed by atoms with Crippen molar-refractivity contribution in [2.45, 2.75) is 69.2 Å². The third-order valence-corrected chi connectivity index (χ3v) is 13.5. The highest BCUT2D eigenvalue weighted by Gasteiger charge is 2.25. The summed E-state index contributed by atoms with van der Waals surface area (Å²) >= 11 is 0. The van der Waals surface area contributed by atoms with E-state index in [0.29, 0.717) is 0 Å². The molecule has 0 saturated carbocycles. The van der Waals surface area contributed by atoms with Gasteiger partial charge in [0.15, 0.2) is 0 Å². The maximum absolute atomic E-state index is 2.52. The summed E-state index contributed by atoms with van der Waals surface area (Å²) in [6.07, 6.45) is 0. The van der Waals surface area contributed by atoms with Gasteiger partial charge in [-0.05, 0) is 217 Å². The molecule has 10 aromatic carbocycles. The van der Waals surface area contributed by atoms with Crippen LogP contribution >= 0.6 is 0 Å². The molecule has 2 nitrogen and oxygen atoms in total. The minimum absolute atomic E-state index is 1.16. The van der Waals surface area contributed by atoms with Gasteiger partial charge in [0.2, 0.25) is 0 Å². The molecule has 0 unspecified atom stereocenters. The molecule has 2 heteroatoms. The summed E-state index contributed by atoms with van der Waals surface area (Å²) in [6, 6.07) is 59.9.